The summed E-state index contributed by atoms with van der Waals surface area (Å²) < 4.78 is 52.0. The van der Waals surface area contributed by atoms with E-state index in [0.717, 1.165) is 9.25 Å². The number of hydrogen-bond donors (Lipinski definition) is 0. The molecule has 0 aliphatic heterocycles. The van der Waals surface area contributed by atoms with Gasteiger partial charge >= 0.3 is 11.9 Å². The molecule has 0 spiro atoms. The van der Waals surface area contributed by atoms with Crippen molar-refractivity contribution in [3.05, 3.63) is 75.3 Å². The minimum Gasteiger partial charge on any atom is -0.404 e. The van der Waals surface area contributed by atoms with Crippen molar-refractivity contribution >= 4 is 31.5 Å². The van der Waals surface area contributed by atoms with E-state index >= 15 is 0 Å². The van der Waals surface area contributed by atoms with Crippen LogP contribution in [0, 0.1) is 0 Å². The minimum absolute atomic E-state index is 0.0296. The van der Waals surface area contributed by atoms with Crippen LogP contribution in [0.5, 0.6) is 0 Å². The van der Waals surface area contributed by atoms with Gasteiger partial charge in [0.1, 0.15) is 12.9 Å². The average molecular weight is 615 g/mol. The summed E-state index contributed by atoms with van der Waals surface area (Å²) in [6, 6.07) is 9.60. The van der Waals surface area contributed by atoms with Crippen LogP contribution in [0.4, 0.5) is 13.2 Å². The van der Waals surface area contributed by atoms with Crippen LogP contribution in [0.1, 0.15) is 26.6 Å². The van der Waals surface area contributed by atoms with E-state index in [0.29, 0.717) is 21.4 Å². The van der Waals surface area contributed by atoms with E-state index < -0.39 is 37.9 Å². The molecule has 4 aromatic rings. The molecule has 0 radical (unpaired) electrons. The standard InChI is InChI=1S/C25H28Cl2F3N7O2Si/c1-24(2,3)40(4,5)39-19(25(28,29)30)13-35-21(16-8-10-17(26)11-9-16)34-36(23(35)38)14-20-32-15-37(33-20)22-18(27)7-6-12-31-22/h6-12,15,19H,13-14H2,1-5H3. The maximum atomic E-state index is 14.3. The Labute approximate surface area is 239 Å². The van der Waals surface area contributed by atoms with Crippen LogP contribution < -0.4 is 5.69 Å². The molecule has 0 saturated carbocycles. The molecule has 0 N–H and O–H groups in total. The first-order chi connectivity index (χ1) is 18.6. The summed E-state index contributed by atoms with van der Waals surface area (Å²) in [5, 5.41) is 8.96. The van der Waals surface area contributed by atoms with E-state index in [2.05, 4.69) is 20.2 Å². The summed E-state index contributed by atoms with van der Waals surface area (Å²) >= 11 is 12.2. The van der Waals surface area contributed by atoms with E-state index in [4.69, 9.17) is 27.6 Å². The number of nitrogens with zero attached hydrogens (tertiary/aromatic N) is 7. The molecule has 0 aliphatic rings. The normalized spacial score (nSPS) is 13.6. The number of halogens is 5. The van der Waals surface area contributed by atoms with Crippen molar-refractivity contribution in [2.24, 2.45) is 0 Å². The molecule has 3 heterocycles. The van der Waals surface area contributed by atoms with Crippen molar-refractivity contribution < 1.29 is 17.6 Å². The first-order valence-electron chi connectivity index (χ1n) is 12.3. The molecule has 214 valence electrons. The van der Waals surface area contributed by atoms with Gasteiger partial charge in [0, 0.05) is 16.8 Å². The van der Waals surface area contributed by atoms with E-state index in [1.54, 1.807) is 49.5 Å². The third kappa shape index (κ3) is 6.48. The van der Waals surface area contributed by atoms with Crippen molar-refractivity contribution in [3.63, 3.8) is 0 Å². The van der Waals surface area contributed by atoms with Crippen molar-refractivity contribution in [2.75, 3.05) is 0 Å². The smallest absolute Gasteiger partial charge is 0.404 e. The lowest BCUT2D eigenvalue weighted by Gasteiger charge is -2.39. The highest BCUT2D eigenvalue weighted by Gasteiger charge is 2.48. The Kier molecular flexibility index (Phi) is 8.32. The van der Waals surface area contributed by atoms with Crippen LogP contribution >= 0.6 is 23.2 Å². The fourth-order valence-corrected chi connectivity index (χ4v) is 5.19. The fourth-order valence-electron chi connectivity index (χ4n) is 3.58. The molecule has 0 amide bonds. The maximum absolute atomic E-state index is 14.3. The number of pyridine rings is 1. The highest BCUT2D eigenvalue weighted by molar-refractivity contribution is 6.74. The Hall–Kier alpha value is -3.00. The lowest BCUT2D eigenvalue weighted by Crippen LogP contribution is -2.50. The summed E-state index contributed by atoms with van der Waals surface area (Å²) in [7, 11) is -2.86. The molecule has 15 heteroatoms. The van der Waals surface area contributed by atoms with Gasteiger partial charge in [-0.1, -0.05) is 44.0 Å². The molecular weight excluding hydrogens is 586 g/mol. The largest absolute Gasteiger partial charge is 0.415 e. The third-order valence-corrected chi connectivity index (χ3v) is 11.8. The van der Waals surface area contributed by atoms with Crippen molar-refractivity contribution in [1.29, 1.82) is 0 Å². The number of benzene rings is 1. The molecule has 1 unspecified atom stereocenters. The topological polar surface area (TPSA) is 92.7 Å². The lowest BCUT2D eigenvalue weighted by molar-refractivity contribution is -0.202. The number of aromatic nitrogens is 7. The second-order valence-corrected chi connectivity index (χ2v) is 16.3. The van der Waals surface area contributed by atoms with E-state index in [1.165, 1.54) is 17.2 Å². The van der Waals surface area contributed by atoms with Gasteiger partial charge in [-0.3, -0.25) is 4.57 Å². The second-order valence-electron chi connectivity index (χ2n) is 10.7. The molecular formula is C25H28Cl2F3N7O2Si. The number of alkyl halides is 3. The monoisotopic (exact) mass is 613 g/mol. The zero-order chi connectivity index (χ0) is 29.5. The van der Waals surface area contributed by atoms with Gasteiger partial charge in [-0.05, 0) is 54.5 Å². The Balaban J connectivity index is 1.74. The van der Waals surface area contributed by atoms with Gasteiger partial charge in [-0.15, -0.1) is 10.2 Å². The van der Waals surface area contributed by atoms with Crippen LogP contribution in [-0.4, -0.2) is 54.7 Å². The molecule has 0 bridgehead atoms. The Bertz CT molecular complexity index is 1540. The summed E-state index contributed by atoms with van der Waals surface area (Å²) in [6.45, 7) is 8.02. The highest BCUT2D eigenvalue weighted by atomic mass is 35.5. The van der Waals surface area contributed by atoms with Crippen LogP contribution in [-0.2, 0) is 17.5 Å². The molecule has 0 saturated heterocycles. The van der Waals surface area contributed by atoms with E-state index in [1.807, 2.05) is 20.8 Å². The highest BCUT2D eigenvalue weighted by Crippen LogP contribution is 2.40. The Morgan fingerprint density at radius 2 is 1.70 bits per heavy atom. The Morgan fingerprint density at radius 1 is 1.02 bits per heavy atom. The Morgan fingerprint density at radius 3 is 2.30 bits per heavy atom. The predicted molar refractivity (Wildman–Crippen MR) is 148 cm³/mol. The van der Waals surface area contributed by atoms with Crippen LogP contribution in [0.3, 0.4) is 0 Å². The van der Waals surface area contributed by atoms with Crippen molar-refractivity contribution in [2.45, 2.75) is 64.3 Å². The summed E-state index contributed by atoms with van der Waals surface area (Å²) in [4.78, 5) is 21.9. The van der Waals surface area contributed by atoms with Crippen molar-refractivity contribution in [3.8, 4) is 17.2 Å². The zero-order valence-electron chi connectivity index (χ0n) is 22.4. The van der Waals surface area contributed by atoms with Gasteiger partial charge in [-0.2, -0.15) is 13.2 Å². The first-order valence-corrected chi connectivity index (χ1v) is 15.9. The molecule has 4 rings (SSSR count). The minimum atomic E-state index is -4.73. The maximum Gasteiger partial charge on any atom is 0.415 e. The van der Waals surface area contributed by atoms with Crippen molar-refractivity contribution in [1.82, 2.24) is 34.1 Å². The molecule has 3 aromatic heterocycles. The SMILES string of the molecule is CC(C)(C)[Si](C)(C)OC(Cn1c(-c2ccc(Cl)cc2)nn(Cc2ncn(-c3ncccc3Cl)n2)c1=O)C(F)(F)F. The third-order valence-electron chi connectivity index (χ3n) is 6.77. The van der Waals surface area contributed by atoms with E-state index in [-0.39, 0.29) is 18.2 Å². The first kappa shape index (κ1) is 30.0. The van der Waals surface area contributed by atoms with Crippen LogP contribution in [0.25, 0.3) is 17.2 Å². The van der Waals surface area contributed by atoms with Gasteiger partial charge in [0.25, 0.3) is 0 Å². The summed E-state index contributed by atoms with van der Waals surface area (Å²) in [5.74, 6) is 0.543. The molecule has 40 heavy (non-hydrogen) atoms. The summed E-state index contributed by atoms with van der Waals surface area (Å²) in [5.41, 5.74) is -0.363. The van der Waals surface area contributed by atoms with Crippen LogP contribution in [0.2, 0.25) is 28.2 Å². The molecule has 9 nitrogen and oxygen atoms in total. The van der Waals surface area contributed by atoms with Gasteiger partial charge in [-0.25, -0.2) is 24.1 Å². The quantitative estimate of drug-likeness (QED) is 0.226. The number of rotatable bonds is 8. The van der Waals surface area contributed by atoms with E-state index in [9.17, 15) is 18.0 Å². The molecule has 1 aromatic carbocycles. The lowest BCUT2D eigenvalue weighted by atomic mass is 10.2. The zero-order valence-corrected chi connectivity index (χ0v) is 25.0. The van der Waals surface area contributed by atoms with Gasteiger partial charge in [0.15, 0.2) is 31.9 Å². The fraction of sp³-hybridized carbons (Fsp3) is 0.400. The number of hydrogen-bond acceptors (Lipinski definition) is 6. The predicted octanol–water partition coefficient (Wildman–Crippen LogP) is 6.00. The van der Waals surface area contributed by atoms with Gasteiger partial charge in [0.2, 0.25) is 0 Å². The van der Waals surface area contributed by atoms with Gasteiger partial charge < -0.3 is 4.43 Å². The molecule has 1 atom stereocenters. The summed E-state index contributed by atoms with van der Waals surface area (Å²) in [6.07, 6.45) is -4.04. The molecule has 0 fully saturated rings. The average Bonchev–Trinajstić information content (AvgIpc) is 3.43. The second kappa shape index (κ2) is 11.1. The molecule has 0 aliphatic carbocycles. The van der Waals surface area contributed by atoms with Gasteiger partial charge in [0.05, 0.1) is 11.6 Å². The van der Waals surface area contributed by atoms with Crippen LogP contribution in [0.15, 0.2) is 53.7 Å².